The van der Waals surface area contributed by atoms with Gasteiger partial charge in [-0.05, 0) is 90.2 Å². The van der Waals surface area contributed by atoms with Gasteiger partial charge in [-0.15, -0.1) is 0 Å². The average Bonchev–Trinajstić information content (AvgIpc) is 3.17. The molecule has 2 saturated carbocycles. The van der Waals surface area contributed by atoms with Crippen molar-refractivity contribution in [2.24, 2.45) is 34.5 Å². The highest BCUT2D eigenvalue weighted by molar-refractivity contribution is 5.72. The number of pyridine rings is 1. The first-order valence-corrected chi connectivity index (χ1v) is 13.7. The first kappa shape index (κ1) is 25.2. The zero-order valence-corrected chi connectivity index (χ0v) is 22.3. The number of hydrogen-bond acceptors (Lipinski definition) is 3. The van der Waals surface area contributed by atoms with Gasteiger partial charge in [-0.1, -0.05) is 64.8 Å². The Hall–Kier alpha value is -1.90. The molecule has 0 bridgehead atoms. The minimum absolute atomic E-state index is 0.0857. The standard InChI is InChI=1S/C26H33NO2.C5H12/c1-17(28)29-20-10-12-25(2)19(15-20)6-7-21-23-9-8-22(18-5-4-14-27-16-18)26(23,3)13-11-24(21)25;1-4-5(2)3/h4-6,8,14,16,20-21,23-24H,7,9-13,15H2,1-3H3;5H,4H2,1-3H3. The third kappa shape index (κ3) is 4.64. The monoisotopic (exact) mass is 463 g/mol. The largest absolute Gasteiger partial charge is 0.462 e. The van der Waals surface area contributed by atoms with Crippen LogP contribution in [-0.2, 0) is 9.53 Å². The molecule has 0 aromatic carbocycles. The van der Waals surface area contributed by atoms with Gasteiger partial charge < -0.3 is 4.74 Å². The van der Waals surface area contributed by atoms with Gasteiger partial charge in [-0.2, -0.15) is 0 Å². The van der Waals surface area contributed by atoms with Crippen molar-refractivity contribution in [1.82, 2.24) is 4.98 Å². The summed E-state index contributed by atoms with van der Waals surface area (Å²) in [5, 5.41) is 0. The molecule has 0 aliphatic heterocycles. The van der Waals surface area contributed by atoms with E-state index in [2.05, 4.69) is 63.9 Å². The number of allylic oxidation sites excluding steroid dienone is 3. The fourth-order valence-corrected chi connectivity index (χ4v) is 7.50. The van der Waals surface area contributed by atoms with E-state index in [-0.39, 0.29) is 22.9 Å². The number of aromatic nitrogens is 1. The molecule has 0 N–H and O–H groups in total. The van der Waals surface area contributed by atoms with E-state index in [0.29, 0.717) is 0 Å². The SMILES string of the molecule is CC(=O)OC1CCC2(C)C(=CCC3C2CCC2(C)C(c4cccnc4)=CCC32)C1.CCC(C)C. The maximum atomic E-state index is 11.4. The molecule has 6 atom stereocenters. The van der Waals surface area contributed by atoms with Crippen LogP contribution in [-0.4, -0.2) is 17.1 Å². The van der Waals surface area contributed by atoms with Gasteiger partial charge in [0.2, 0.25) is 0 Å². The Morgan fingerprint density at radius 3 is 2.50 bits per heavy atom. The van der Waals surface area contributed by atoms with Crippen LogP contribution in [0.1, 0.15) is 98.5 Å². The third-order valence-electron chi connectivity index (χ3n) is 9.76. The number of hydrogen-bond donors (Lipinski definition) is 0. The van der Waals surface area contributed by atoms with Gasteiger partial charge in [-0.3, -0.25) is 9.78 Å². The lowest BCUT2D eigenvalue weighted by molar-refractivity contribution is -0.148. The van der Waals surface area contributed by atoms with Crippen molar-refractivity contribution in [2.45, 2.75) is 99.0 Å². The lowest BCUT2D eigenvalue weighted by atomic mass is 9.47. The van der Waals surface area contributed by atoms with Crippen molar-refractivity contribution in [3.8, 4) is 0 Å². The van der Waals surface area contributed by atoms with Crippen LogP contribution < -0.4 is 0 Å². The summed E-state index contributed by atoms with van der Waals surface area (Å²) in [5.74, 6) is 3.01. The number of carbonyl (C=O) groups is 1. The molecule has 1 aromatic heterocycles. The van der Waals surface area contributed by atoms with Crippen LogP contribution in [0.3, 0.4) is 0 Å². The highest BCUT2D eigenvalue weighted by Crippen LogP contribution is 2.66. The van der Waals surface area contributed by atoms with Crippen molar-refractivity contribution in [3.05, 3.63) is 47.8 Å². The van der Waals surface area contributed by atoms with Crippen LogP contribution in [0.2, 0.25) is 0 Å². The molecule has 2 fully saturated rings. The molecule has 0 radical (unpaired) electrons. The van der Waals surface area contributed by atoms with Gasteiger partial charge in [0.25, 0.3) is 0 Å². The molecular weight excluding hydrogens is 418 g/mol. The summed E-state index contributed by atoms with van der Waals surface area (Å²) in [6.45, 7) is 13.2. The van der Waals surface area contributed by atoms with Crippen LogP contribution >= 0.6 is 0 Å². The van der Waals surface area contributed by atoms with Crippen molar-refractivity contribution in [1.29, 1.82) is 0 Å². The quantitative estimate of drug-likeness (QED) is 0.336. The van der Waals surface area contributed by atoms with E-state index < -0.39 is 0 Å². The van der Waals surface area contributed by atoms with E-state index in [4.69, 9.17) is 4.74 Å². The van der Waals surface area contributed by atoms with Crippen LogP contribution in [0.25, 0.3) is 5.57 Å². The van der Waals surface area contributed by atoms with Gasteiger partial charge in [0.05, 0.1) is 0 Å². The predicted octanol–water partition coefficient (Wildman–Crippen LogP) is 8.02. The molecular formula is C31H45NO2. The number of ether oxygens (including phenoxy) is 1. The summed E-state index contributed by atoms with van der Waals surface area (Å²) < 4.78 is 5.58. The van der Waals surface area contributed by atoms with E-state index in [1.807, 2.05) is 12.4 Å². The minimum atomic E-state index is -0.138. The second-order valence-corrected chi connectivity index (χ2v) is 12.1. The first-order chi connectivity index (χ1) is 16.2. The lowest BCUT2D eigenvalue weighted by Gasteiger charge is -2.57. The molecule has 1 aromatic rings. The van der Waals surface area contributed by atoms with Gasteiger partial charge in [0, 0.05) is 25.7 Å². The predicted molar refractivity (Wildman–Crippen MR) is 140 cm³/mol. The van der Waals surface area contributed by atoms with Crippen LogP contribution in [0, 0.1) is 34.5 Å². The Labute approximate surface area is 207 Å². The van der Waals surface area contributed by atoms with Gasteiger partial charge in [0.15, 0.2) is 0 Å². The Morgan fingerprint density at radius 1 is 1.12 bits per heavy atom. The highest BCUT2D eigenvalue weighted by atomic mass is 16.5. The lowest BCUT2D eigenvalue weighted by Crippen LogP contribution is -2.50. The van der Waals surface area contributed by atoms with Crippen LogP contribution in [0.15, 0.2) is 42.3 Å². The van der Waals surface area contributed by atoms with E-state index in [9.17, 15) is 4.79 Å². The maximum Gasteiger partial charge on any atom is 0.302 e. The molecule has 0 saturated heterocycles. The molecule has 4 aliphatic carbocycles. The molecule has 4 aliphatic rings. The molecule has 0 spiro atoms. The topological polar surface area (TPSA) is 39.2 Å². The van der Waals surface area contributed by atoms with Gasteiger partial charge >= 0.3 is 5.97 Å². The highest BCUT2D eigenvalue weighted by Gasteiger charge is 2.56. The minimum Gasteiger partial charge on any atom is -0.462 e. The summed E-state index contributed by atoms with van der Waals surface area (Å²) in [6.07, 6.45) is 18.4. The summed E-state index contributed by atoms with van der Waals surface area (Å²) in [5.41, 5.74) is 4.99. The van der Waals surface area contributed by atoms with E-state index in [1.54, 1.807) is 5.57 Å². The number of fused-ring (bicyclic) bond motifs is 5. The Kier molecular flexibility index (Phi) is 7.41. The molecule has 3 heteroatoms. The van der Waals surface area contributed by atoms with E-state index >= 15 is 0 Å². The van der Waals surface area contributed by atoms with Gasteiger partial charge in [0.1, 0.15) is 6.10 Å². The van der Waals surface area contributed by atoms with Crippen molar-refractivity contribution in [3.63, 3.8) is 0 Å². The molecule has 34 heavy (non-hydrogen) atoms. The molecule has 3 nitrogen and oxygen atoms in total. The summed E-state index contributed by atoms with van der Waals surface area (Å²) in [7, 11) is 0. The number of esters is 1. The van der Waals surface area contributed by atoms with Crippen LogP contribution in [0.5, 0.6) is 0 Å². The summed E-state index contributed by atoms with van der Waals surface area (Å²) in [6, 6.07) is 4.30. The molecule has 6 unspecified atom stereocenters. The Balaban J connectivity index is 0.000000499. The van der Waals surface area contributed by atoms with Crippen molar-refractivity contribution >= 4 is 11.5 Å². The maximum absolute atomic E-state index is 11.4. The van der Waals surface area contributed by atoms with Crippen molar-refractivity contribution < 1.29 is 9.53 Å². The fourth-order valence-electron chi connectivity index (χ4n) is 7.50. The second-order valence-electron chi connectivity index (χ2n) is 12.1. The van der Waals surface area contributed by atoms with Crippen LogP contribution in [0.4, 0.5) is 0 Å². The smallest absolute Gasteiger partial charge is 0.302 e. The van der Waals surface area contributed by atoms with Gasteiger partial charge in [-0.25, -0.2) is 0 Å². The second kappa shape index (κ2) is 9.99. The average molecular weight is 464 g/mol. The Bertz CT molecular complexity index is 932. The number of carbonyl (C=O) groups excluding carboxylic acids is 1. The number of rotatable bonds is 3. The first-order valence-electron chi connectivity index (χ1n) is 13.7. The zero-order valence-electron chi connectivity index (χ0n) is 22.3. The molecule has 1 heterocycles. The normalized spacial score (nSPS) is 36.2. The molecule has 186 valence electrons. The molecule has 0 amide bonds. The van der Waals surface area contributed by atoms with Crippen molar-refractivity contribution in [2.75, 3.05) is 0 Å². The number of nitrogens with zero attached hydrogens (tertiary/aromatic N) is 1. The van der Waals surface area contributed by atoms with E-state index in [0.717, 1.165) is 42.9 Å². The molecule has 5 rings (SSSR count). The Morgan fingerprint density at radius 2 is 1.85 bits per heavy atom. The summed E-state index contributed by atoms with van der Waals surface area (Å²) >= 11 is 0. The zero-order chi connectivity index (χ0) is 24.5. The fraction of sp³-hybridized carbons (Fsp3) is 0.677. The third-order valence-corrected chi connectivity index (χ3v) is 9.76. The summed E-state index contributed by atoms with van der Waals surface area (Å²) in [4.78, 5) is 15.8. The van der Waals surface area contributed by atoms with E-state index in [1.165, 1.54) is 50.2 Å².